The van der Waals surface area contributed by atoms with E-state index in [-0.39, 0.29) is 18.3 Å². The monoisotopic (exact) mass is 606 g/mol. The molecular formula is C30H31ClN6O6. The molecule has 0 spiro atoms. The maximum Gasteiger partial charge on any atom is 0.335 e. The first-order valence-electron chi connectivity index (χ1n) is 13.8. The highest BCUT2D eigenvalue weighted by atomic mass is 35.5. The normalized spacial score (nSPS) is 16.3. The second-order valence-corrected chi connectivity index (χ2v) is 10.6. The van der Waals surface area contributed by atoms with E-state index in [9.17, 15) is 9.90 Å². The minimum Gasteiger partial charge on any atom is -0.496 e. The van der Waals surface area contributed by atoms with Gasteiger partial charge in [0.25, 0.3) is 0 Å². The average molecular weight is 607 g/mol. The molecule has 2 aromatic heterocycles. The van der Waals surface area contributed by atoms with Crippen molar-refractivity contribution in [3.8, 4) is 17.4 Å². The molecule has 4 heterocycles. The number of hydrazone groups is 1. The third kappa shape index (κ3) is 6.15. The molecule has 0 saturated carbocycles. The maximum absolute atomic E-state index is 11.8. The van der Waals surface area contributed by atoms with E-state index in [0.29, 0.717) is 65.4 Å². The number of methoxy groups -OCH3 is 2. The van der Waals surface area contributed by atoms with Gasteiger partial charge in [-0.05, 0) is 36.8 Å². The first-order chi connectivity index (χ1) is 20.9. The number of hydrogen-bond donors (Lipinski definition) is 1. The zero-order valence-corrected chi connectivity index (χ0v) is 24.5. The first-order valence-corrected chi connectivity index (χ1v) is 14.2. The van der Waals surface area contributed by atoms with Crippen molar-refractivity contribution in [3.63, 3.8) is 0 Å². The van der Waals surface area contributed by atoms with Crippen molar-refractivity contribution in [2.75, 3.05) is 38.8 Å². The van der Waals surface area contributed by atoms with Crippen molar-refractivity contribution in [2.45, 2.75) is 32.2 Å². The molecule has 0 aliphatic carbocycles. The summed E-state index contributed by atoms with van der Waals surface area (Å²) in [5.74, 6) is 1.99. The van der Waals surface area contributed by atoms with E-state index in [1.54, 1.807) is 37.7 Å². The molecule has 1 fully saturated rings. The summed E-state index contributed by atoms with van der Waals surface area (Å²) in [6.07, 6.45) is 2.73. The minimum absolute atomic E-state index is 0.0531. The number of ether oxygens (including phenoxy) is 4. The second kappa shape index (κ2) is 12.4. The Morgan fingerprint density at radius 2 is 1.93 bits per heavy atom. The van der Waals surface area contributed by atoms with Crippen molar-refractivity contribution in [1.82, 2.24) is 19.5 Å². The van der Waals surface area contributed by atoms with Crippen molar-refractivity contribution >= 4 is 40.8 Å². The van der Waals surface area contributed by atoms with E-state index in [2.05, 4.69) is 10.1 Å². The molecule has 2 aromatic carbocycles. The molecule has 12 nitrogen and oxygen atoms in total. The Morgan fingerprint density at radius 3 is 2.63 bits per heavy atom. The molecule has 1 N–H and O–H groups in total. The fourth-order valence-electron chi connectivity index (χ4n) is 5.04. The molecule has 1 atom stereocenters. The van der Waals surface area contributed by atoms with Crippen molar-refractivity contribution in [3.05, 3.63) is 70.5 Å². The summed E-state index contributed by atoms with van der Waals surface area (Å²) in [4.78, 5) is 23.3. The largest absolute Gasteiger partial charge is 0.496 e. The van der Waals surface area contributed by atoms with Gasteiger partial charge in [-0.1, -0.05) is 23.7 Å². The van der Waals surface area contributed by atoms with Gasteiger partial charge < -0.3 is 33.5 Å². The van der Waals surface area contributed by atoms with E-state index < -0.39 is 5.97 Å². The Bertz CT molecular complexity index is 1670. The van der Waals surface area contributed by atoms with Gasteiger partial charge in [0.05, 0.1) is 51.0 Å². The van der Waals surface area contributed by atoms with Crippen LogP contribution in [0.4, 0.5) is 5.82 Å². The molecule has 13 heteroatoms. The van der Waals surface area contributed by atoms with E-state index in [1.807, 2.05) is 32.7 Å². The SMILES string of the molecule is COc1cc(Cl)ccc1COc1cccc(N2C=NN(Cc3nc4c(OC)cc(C(=O)O)cc4n3C[C@@H]3CCO3)CC2)n1. The van der Waals surface area contributed by atoms with Crippen LogP contribution >= 0.6 is 11.6 Å². The summed E-state index contributed by atoms with van der Waals surface area (Å²) in [7, 11) is 3.11. The summed E-state index contributed by atoms with van der Waals surface area (Å²) in [6, 6.07) is 14.1. The lowest BCUT2D eigenvalue weighted by atomic mass is 10.1. The quantitative estimate of drug-likeness (QED) is 0.262. The predicted octanol–water partition coefficient (Wildman–Crippen LogP) is 4.43. The van der Waals surface area contributed by atoms with Crippen LogP contribution in [0.5, 0.6) is 17.4 Å². The molecule has 4 aromatic rings. The molecule has 6 rings (SSSR count). The van der Waals surface area contributed by atoms with E-state index in [4.69, 9.17) is 35.5 Å². The fourth-order valence-corrected chi connectivity index (χ4v) is 5.20. The number of rotatable bonds is 11. The van der Waals surface area contributed by atoms with Gasteiger partial charge >= 0.3 is 5.97 Å². The number of fused-ring (bicyclic) bond motifs is 1. The van der Waals surface area contributed by atoms with Gasteiger partial charge in [0.15, 0.2) is 0 Å². The molecule has 0 radical (unpaired) electrons. The van der Waals surface area contributed by atoms with Crippen molar-refractivity contribution in [1.29, 1.82) is 0 Å². The zero-order chi connectivity index (χ0) is 29.9. The Balaban J connectivity index is 1.18. The molecular weight excluding hydrogens is 576 g/mol. The van der Waals surface area contributed by atoms with Gasteiger partial charge in [0.1, 0.15) is 41.6 Å². The van der Waals surface area contributed by atoms with Crippen LogP contribution in [-0.2, 0) is 24.4 Å². The number of halogens is 1. The Morgan fingerprint density at radius 1 is 1.09 bits per heavy atom. The first kappa shape index (κ1) is 28.6. The second-order valence-electron chi connectivity index (χ2n) is 10.2. The topological polar surface area (TPSA) is 124 Å². The number of carboxylic acids is 1. The average Bonchev–Trinajstić information content (AvgIpc) is 3.34. The molecule has 0 amide bonds. The van der Waals surface area contributed by atoms with Gasteiger partial charge in [0.2, 0.25) is 5.88 Å². The number of aromatic carboxylic acids is 1. The van der Waals surface area contributed by atoms with Gasteiger partial charge in [-0.25, -0.2) is 9.78 Å². The van der Waals surface area contributed by atoms with Gasteiger partial charge in [0, 0.05) is 29.8 Å². The number of hydrogen-bond acceptors (Lipinski definition) is 10. The molecule has 0 bridgehead atoms. The Kier molecular flexibility index (Phi) is 8.21. The molecule has 224 valence electrons. The van der Waals surface area contributed by atoms with Crippen LogP contribution in [0.2, 0.25) is 5.02 Å². The van der Waals surface area contributed by atoms with Crippen molar-refractivity contribution < 1.29 is 28.8 Å². The van der Waals surface area contributed by atoms with Gasteiger partial charge in [-0.3, -0.25) is 5.01 Å². The number of benzene rings is 2. The Labute approximate surface area is 253 Å². The van der Waals surface area contributed by atoms with E-state index >= 15 is 0 Å². The third-order valence-electron chi connectivity index (χ3n) is 7.45. The number of nitrogens with zero attached hydrogens (tertiary/aromatic N) is 6. The fraction of sp³-hybridized carbons (Fsp3) is 0.333. The lowest BCUT2D eigenvalue weighted by Crippen LogP contribution is -2.38. The lowest BCUT2D eigenvalue weighted by molar-refractivity contribution is -0.0592. The highest BCUT2D eigenvalue weighted by Crippen LogP contribution is 2.31. The molecule has 43 heavy (non-hydrogen) atoms. The van der Waals surface area contributed by atoms with E-state index in [1.165, 1.54) is 13.2 Å². The van der Waals surface area contributed by atoms with Crippen LogP contribution in [0.15, 0.2) is 53.6 Å². The number of anilines is 1. The van der Waals surface area contributed by atoms with Crippen LogP contribution in [0.3, 0.4) is 0 Å². The molecule has 2 aliphatic heterocycles. The number of aromatic nitrogens is 3. The van der Waals surface area contributed by atoms with Gasteiger partial charge in [-0.15, -0.1) is 0 Å². The lowest BCUT2D eigenvalue weighted by Gasteiger charge is -2.30. The number of carboxylic acid groups (broad SMARTS) is 1. The van der Waals surface area contributed by atoms with Crippen molar-refractivity contribution in [2.24, 2.45) is 5.10 Å². The van der Waals surface area contributed by atoms with E-state index in [0.717, 1.165) is 24.4 Å². The smallest absolute Gasteiger partial charge is 0.335 e. The Hall–Kier alpha value is -4.55. The summed E-state index contributed by atoms with van der Waals surface area (Å²) < 4.78 is 24.6. The summed E-state index contributed by atoms with van der Waals surface area (Å²) in [5, 5.41) is 16.8. The van der Waals surface area contributed by atoms with Gasteiger partial charge in [-0.2, -0.15) is 10.1 Å². The standard InChI is InChI=1S/C30H31ClN6O6/c1-40-24-14-21(31)7-6-19(24)17-43-28-5-3-4-26(33-28)35-9-10-36(32-18-35)16-27-34-29-23(37(27)15-22-8-11-42-22)12-20(30(38)39)13-25(29)41-2/h3-7,12-14,18,22H,8-11,15-17H2,1-2H3,(H,38,39)/t22-/m0/s1. The van der Waals surface area contributed by atoms with Crippen LogP contribution in [-0.4, -0.2) is 77.0 Å². The third-order valence-corrected chi connectivity index (χ3v) is 7.68. The summed E-state index contributed by atoms with van der Waals surface area (Å²) in [5.41, 5.74) is 2.31. The molecule has 2 aliphatic rings. The summed E-state index contributed by atoms with van der Waals surface area (Å²) in [6.45, 7) is 3.26. The molecule has 0 unspecified atom stereocenters. The number of imidazole rings is 1. The highest BCUT2D eigenvalue weighted by molar-refractivity contribution is 6.30. The van der Waals surface area contributed by atoms with Crippen LogP contribution in [0, 0.1) is 0 Å². The zero-order valence-electron chi connectivity index (χ0n) is 23.8. The van der Waals surface area contributed by atoms with Crippen LogP contribution < -0.4 is 19.1 Å². The summed E-state index contributed by atoms with van der Waals surface area (Å²) >= 11 is 6.07. The molecule has 1 saturated heterocycles. The van der Waals surface area contributed by atoms with Crippen LogP contribution in [0.25, 0.3) is 11.0 Å². The van der Waals surface area contributed by atoms with Crippen LogP contribution in [0.1, 0.15) is 28.2 Å². The number of carbonyl (C=O) groups is 1. The highest BCUT2D eigenvalue weighted by Gasteiger charge is 2.25. The minimum atomic E-state index is -1.03. The number of pyridine rings is 1. The predicted molar refractivity (Wildman–Crippen MR) is 160 cm³/mol. The maximum atomic E-state index is 11.8.